The zero-order chi connectivity index (χ0) is 16.2. The molecular formula is C18H19IO3Si. The zero-order valence-electron chi connectivity index (χ0n) is 13.2. The van der Waals surface area contributed by atoms with E-state index in [9.17, 15) is 0 Å². The van der Waals surface area contributed by atoms with Gasteiger partial charge in [-0.1, -0.05) is 18.2 Å². The molecule has 0 radical (unpaired) electrons. The van der Waals surface area contributed by atoms with E-state index in [1.54, 1.807) is 0 Å². The molecule has 1 heterocycles. The Bertz CT molecular complexity index is 784. The lowest BCUT2D eigenvalue weighted by Gasteiger charge is -2.06. The van der Waals surface area contributed by atoms with Crippen LogP contribution >= 0.6 is 22.6 Å². The van der Waals surface area contributed by atoms with Gasteiger partial charge >= 0.3 is 0 Å². The van der Waals surface area contributed by atoms with Crippen LogP contribution in [0.25, 0.3) is 11.0 Å². The Morgan fingerprint density at radius 1 is 1.04 bits per heavy atom. The largest absolute Gasteiger partial charge is 0.489 e. The van der Waals surface area contributed by atoms with E-state index in [0.29, 0.717) is 13.2 Å². The lowest BCUT2D eigenvalue weighted by atomic mass is 10.1. The molecule has 0 fully saturated rings. The van der Waals surface area contributed by atoms with Crippen LogP contribution in [0.5, 0.6) is 5.75 Å². The van der Waals surface area contributed by atoms with E-state index in [1.807, 2.05) is 30.3 Å². The molecule has 3 aromatic rings. The molecule has 5 heteroatoms. The van der Waals surface area contributed by atoms with Gasteiger partial charge in [0.25, 0.3) is 0 Å². The molecule has 0 unspecified atom stereocenters. The van der Waals surface area contributed by atoms with E-state index < -0.39 is 9.04 Å². The van der Waals surface area contributed by atoms with Gasteiger partial charge in [0.1, 0.15) is 23.7 Å². The van der Waals surface area contributed by atoms with Crippen molar-refractivity contribution in [2.45, 2.75) is 26.3 Å². The fourth-order valence-electron chi connectivity index (χ4n) is 2.31. The average molecular weight is 438 g/mol. The highest BCUT2D eigenvalue weighted by atomic mass is 127. The SMILES string of the molecule is C[SiH](C)OCc1cc2cc(COc3ccccc3)cc(I)c2o1. The van der Waals surface area contributed by atoms with Gasteiger partial charge < -0.3 is 13.6 Å². The van der Waals surface area contributed by atoms with E-state index in [0.717, 1.165) is 31.6 Å². The summed E-state index contributed by atoms with van der Waals surface area (Å²) >= 11 is 2.31. The predicted molar refractivity (Wildman–Crippen MR) is 103 cm³/mol. The normalized spacial score (nSPS) is 11.3. The van der Waals surface area contributed by atoms with Gasteiger partial charge in [0.2, 0.25) is 0 Å². The summed E-state index contributed by atoms with van der Waals surface area (Å²) in [4.78, 5) is 0. The number of fused-ring (bicyclic) bond motifs is 1. The molecule has 3 rings (SSSR count). The lowest BCUT2D eigenvalue weighted by Crippen LogP contribution is -2.06. The number of benzene rings is 2. The molecule has 0 amide bonds. The number of ether oxygens (including phenoxy) is 1. The smallest absolute Gasteiger partial charge is 0.171 e. The first kappa shape index (κ1) is 16.5. The van der Waals surface area contributed by atoms with Crippen molar-refractivity contribution in [1.29, 1.82) is 0 Å². The molecule has 0 atom stereocenters. The van der Waals surface area contributed by atoms with Crippen LogP contribution < -0.4 is 4.74 Å². The Morgan fingerprint density at radius 3 is 2.57 bits per heavy atom. The number of hydrogen-bond donors (Lipinski definition) is 0. The predicted octanol–water partition coefficient (Wildman–Crippen LogP) is 5.12. The highest BCUT2D eigenvalue weighted by molar-refractivity contribution is 14.1. The fraction of sp³-hybridized carbons (Fsp3) is 0.222. The average Bonchev–Trinajstić information content (AvgIpc) is 2.96. The van der Waals surface area contributed by atoms with Crippen molar-refractivity contribution in [2.24, 2.45) is 0 Å². The zero-order valence-corrected chi connectivity index (χ0v) is 16.5. The summed E-state index contributed by atoms with van der Waals surface area (Å²) in [6, 6.07) is 16.2. The number of hydrogen-bond acceptors (Lipinski definition) is 3. The van der Waals surface area contributed by atoms with E-state index >= 15 is 0 Å². The minimum atomic E-state index is -1.04. The van der Waals surface area contributed by atoms with Crippen LogP contribution in [-0.2, 0) is 17.6 Å². The van der Waals surface area contributed by atoms with E-state index in [-0.39, 0.29) is 0 Å². The molecule has 23 heavy (non-hydrogen) atoms. The summed E-state index contributed by atoms with van der Waals surface area (Å²) < 4.78 is 18.6. The van der Waals surface area contributed by atoms with Gasteiger partial charge in [0.05, 0.1) is 10.2 Å². The molecule has 0 aliphatic carbocycles. The Balaban J connectivity index is 1.77. The van der Waals surface area contributed by atoms with Crippen LogP contribution in [0.3, 0.4) is 0 Å². The Kier molecular flexibility index (Phi) is 5.40. The van der Waals surface area contributed by atoms with Gasteiger partial charge in [0, 0.05) is 5.39 Å². The van der Waals surface area contributed by atoms with Crippen molar-refractivity contribution >= 4 is 42.6 Å². The number of furan rings is 1. The molecule has 3 nitrogen and oxygen atoms in total. The minimum Gasteiger partial charge on any atom is -0.489 e. The van der Waals surface area contributed by atoms with Crippen LogP contribution in [0.15, 0.2) is 52.9 Å². The molecule has 0 saturated carbocycles. The molecule has 0 saturated heterocycles. The third kappa shape index (κ3) is 4.36. The standard InChI is InChI=1S/C18H19IO3Si/c1-23(2)21-12-16-10-14-8-13(9-17(19)18(14)22-16)11-20-15-6-4-3-5-7-15/h3-10,23H,11-12H2,1-2H3. The number of halogens is 1. The van der Waals surface area contributed by atoms with Gasteiger partial charge in [-0.25, -0.2) is 0 Å². The van der Waals surface area contributed by atoms with Crippen LogP contribution in [0.2, 0.25) is 13.1 Å². The maximum Gasteiger partial charge on any atom is 0.171 e. The molecule has 0 N–H and O–H groups in total. The Labute approximate surface area is 151 Å². The molecule has 0 aliphatic rings. The monoisotopic (exact) mass is 438 g/mol. The topological polar surface area (TPSA) is 31.6 Å². The Morgan fingerprint density at radius 2 is 1.83 bits per heavy atom. The second kappa shape index (κ2) is 7.50. The third-order valence-corrected chi connectivity index (χ3v) is 5.02. The first-order chi connectivity index (χ1) is 11.1. The third-order valence-electron chi connectivity index (χ3n) is 3.39. The van der Waals surface area contributed by atoms with Crippen molar-refractivity contribution in [3.05, 3.63) is 63.4 Å². The summed E-state index contributed by atoms with van der Waals surface area (Å²) in [5.41, 5.74) is 2.07. The highest BCUT2D eigenvalue weighted by Gasteiger charge is 2.10. The molecule has 1 aromatic heterocycles. The quantitative estimate of drug-likeness (QED) is 0.396. The van der Waals surface area contributed by atoms with Crippen molar-refractivity contribution in [3.63, 3.8) is 0 Å². The molecule has 120 valence electrons. The second-order valence-electron chi connectivity index (χ2n) is 5.67. The second-order valence-corrected chi connectivity index (χ2v) is 9.26. The van der Waals surface area contributed by atoms with Crippen molar-refractivity contribution < 1.29 is 13.6 Å². The first-order valence-electron chi connectivity index (χ1n) is 7.62. The summed E-state index contributed by atoms with van der Waals surface area (Å²) in [5, 5.41) is 1.10. The number of rotatable bonds is 6. The van der Waals surface area contributed by atoms with Gasteiger partial charge in [-0.2, -0.15) is 0 Å². The Hall–Kier alpha value is -1.31. The van der Waals surface area contributed by atoms with Gasteiger partial charge in [0.15, 0.2) is 9.04 Å². The van der Waals surface area contributed by atoms with Crippen LogP contribution in [0.4, 0.5) is 0 Å². The van der Waals surface area contributed by atoms with E-state index in [1.165, 1.54) is 0 Å². The molecule has 0 bridgehead atoms. The molecule has 2 aromatic carbocycles. The lowest BCUT2D eigenvalue weighted by molar-refractivity contribution is 0.280. The summed E-state index contributed by atoms with van der Waals surface area (Å²) in [6.45, 7) is 5.42. The van der Waals surface area contributed by atoms with Crippen LogP contribution in [-0.4, -0.2) is 9.04 Å². The maximum atomic E-state index is 5.92. The first-order valence-corrected chi connectivity index (χ1v) is 11.5. The van der Waals surface area contributed by atoms with Crippen LogP contribution in [0.1, 0.15) is 11.3 Å². The van der Waals surface area contributed by atoms with Crippen molar-refractivity contribution in [3.8, 4) is 5.75 Å². The molecule has 0 aliphatic heterocycles. The van der Waals surface area contributed by atoms with E-state index in [2.05, 4.69) is 53.9 Å². The fourth-order valence-corrected chi connectivity index (χ4v) is 3.63. The summed E-state index contributed by atoms with van der Waals surface area (Å²) in [6.07, 6.45) is 0. The van der Waals surface area contributed by atoms with Crippen LogP contribution in [0, 0.1) is 3.57 Å². The van der Waals surface area contributed by atoms with E-state index in [4.69, 9.17) is 13.6 Å². The number of para-hydroxylation sites is 1. The minimum absolute atomic E-state index is 0.547. The summed E-state index contributed by atoms with van der Waals surface area (Å²) in [5.74, 6) is 1.77. The summed E-state index contributed by atoms with van der Waals surface area (Å²) in [7, 11) is -1.04. The maximum absolute atomic E-state index is 5.92. The van der Waals surface area contributed by atoms with Gasteiger partial charge in [-0.15, -0.1) is 0 Å². The van der Waals surface area contributed by atoms with Gasteiger partial charge in [-0.3, -0.25) is 0 Å². The van der Waals surface area contributed by atoms with Crippen molar-refractivity contribution in [1.82, 2.24) is 0 Å². The molecule has 0 spiro atoms. The van der Waals surface area contributed by atoms with Gasteiger partial charge in [-0.05, 0) is 71.6 Å². The highest BCUT2D eigenvalue weighted by Crippen LogP contribution is 2.27. The van der Waals surface area contributed by atoms with Crippen molar-refractivity contribution in [2.75, 3.05) is 0 Å². The molecular weight excluding hydrogens is 419 g/mol.